The molecule has 0 heterocycles. The van der Waals surface area contributed by atoms with Crippen molar-refractivity contribution in [3.63, 3.8) is 0 Å². The van der Waals surface area contributed by atoms with Crippen LogP contribution in [0.5, 0.6) is 11.5 Å². The van der Waals surface area contributed by atoms with Crippen LogP contribution in [0, 0.1) is 0 Å². The van der Waals surface area contributed by atoms with E-state index in [4.69, 9.17) is 9.47 Å². The number of amides is 2. The normalized spacial score (nSPS) is 10.0. The zero-order chi connectivity index (χ0) is 16.7. The van der Waals surface area contributed by atoms with Crippen LogP contribution in [-0.2, 0) is 6.42 Å². The molecule has 2 rings (SSSR count). The third-order valence-electron chi connectivity index (χ3n) is 3.25. The Morgan fingerprint density at radius 2 is 1.96 bits per heavy atom. The van der Waals surface area contributed by atoms with Gasteiger partial charge in [0.15, 0.2) is 0 Å². The second kappa shape index (κ2) is 8.43. The van der Waals surface area contributed by atoms with Gasteiger partial charge in [-0.05, 0) is 36.2 Å². The molecule has 0 atom stereocenters. The monoisotopic (exact) mass is 378 g/mol. The third kappa shape index (κ3) is 5.17. The first-order valence-corrected chi connectivity index (χ1v) is 7.93. The molecule has 0 aromatic heterocycles. The van der Waals surface area contributed by atoms with E-state index in [1.807, 2.05) is 24.3 Å². The van der Waals surface area contributed by atoms with Crippen molar-refractivity contribution in [2.45, 2.75) is 6.42 Å². The highest BCUT2D eigenvalue weighted by Crippen LogP contribution is 2.28. The molecule has 2 aromatic carbocycles. The number of urea groups is 1. The average Bonchev–Trinajstić information content (AvgIpc) is 2.55. The maximum absolute atomic E-state index is 12.0. The predicted molar refractivity (Wildman–Crippen MR) is 94.4 cm³/mol. The smallest absolute Gasteiger partial charge is 0.319 e. The molecule has 0 saturated heterocycles. The van der Waals surface area contributed by atoms with Gasteiger partial charge in [0, 0.05) is 17.1 Å². The van der Waals surface area contributed by atoms with Gasteiger partial charge < -0.3 is 20.1 Å². The number of halogens is 1. The predicted octanol–water partition coefficient (Wildman–Crippen LogP) is 3.83. The highest BCUT2D eigenvalue weighted by molar-refractivity contribution is 9.10. The number of nitrogens with one attached hydrogen (secondary N) is 2. The Hall–Kier alpha value is -2.21. The Kier molecular flexibility index (Phi) is 6.29. The van der Waals surface area contributed by atoms with Gasteiger partial charge in [-0.25, -0.2) is 4.79 Å². The first-order valence-electron chi connectivity index (χ1n) is 7.13. The molecular formula is C17H19BrN2O3. The lowest BCUT2D eigenvalue weighted by Gasteiger charge is -2.12. The summed E-state index contributed by atoms with van der Waals surface area (Å²) in [5.41, 5.74) is 1.75. The van der Waals surface area contributed by atoms with Crippen LogP contribution in [0.25, 0.3) is 0 Å². The molecule has 0 aliphatic heterocycles. The molecule has 2 aromatic rings. The fraction of sp³-hybridized carbons (Fsp3) is 0.235. The number of carbonyl (C=O) groups excluding carboxylic acids is 1. The summed E-state index contributed by atoms with van der Waals surface area (Å²) < 4.78 is 11.4. The van der Waals surface area contributed by atoms with Crippen LogP contribution in [-0.4, -0.2) is 26.8 Å². The molecule has 23 heavy (non-hydrogen) atoms. The lowest BCUT2D eigenvalue weighted by Crippen LogP contribution is -2.30. The number of hydrogen-bond acceptors (Lipinski definition) is 3. The van der Waals surface area contributed by atoms with Crippen molar-refractivity contribution in [1.29, 1.82) is 0 Å². The second-order valence-electron chi connectivity index (χ2n) is 4.83. The summed E-state index contributed by atoms with van der Waals surface area (Å²) in [6.45, 7) is 0.542. The van der Waals surface area contributed by atoms with Crippen LogP contribution in [0.4, 0.5) is 10.5 Å². The molecule has 0 radical (unpaired) electrons. The molecule has 6 heteroatoms. The van der Waals surface area contributed by atoms with Crippen molar-refractivity contribution >= 4 is 27.6 Å². The van der Waals surface area contributed by atoms with Gasteiger partial charge in [-0.1, -0.05) is 28.1 Å². The van der Waals surface area contributed by atoms with E-state index in [1.54, 1.807) is 32.4 Å². The SMILES string of the molecule is COc1ccc(NC(=O)NCCc2cccc(Br)c2)c(OC)c1. The van der Waals surface area contributed by atoms with Crippen molar-refractivity contribution in [3.8, 4) is 11.5 Å². The lowest BCUT2D eigenvalue weighted by molar-refractivity contribution is 0.252. The summed E-state index contributed by atoms with van der Waals surface area (Å²) in [7, 11) is 3.13. The lowest BCUT2D eigenvalue weighted by atomic mass is 10.1. The number of carbonyl (C=O) groups is 1. The summed E-state index contributed by atoms with van der Waals surface area (Å²) in [5.74, 6) is 1.22. The Balaban J connectivity index is 1.87. The molecule has 2 amide bonds. The fourth-order valence-electron chi connectivity index (χ4n) is 2.08. The highest BCUT2D eigenvalue weighted by atomic mass is 79.9. The van der Waals surface area contributed by atoms with Gasteiger partial charge >= 0.3 is 6.03 Å². The van der Waals surface area contributed by atoms with Gasteiger partial charge in [0.2, 0.25) is 0 Å². The average molecular weight is 379 g/mol. The summed E-state index contributed by atoms with van der Waals surface area (Å²) in [4.78, 5) is 12.0. The molecule has 0 aliphatic carbocycles. The van der Waals surface area contributed by atoms with Gasteiger partial charge in [0.05, 0.1) is 19.9 Å². The number of ether oxygens (including phenoxy) is 2. The fourth-order valence-corrected chi connectivity index (χ4v) is 2.53. The maximum Gasteiger partial charge on any atom is 0.319 e. The molecule has 0 saturated carbocycles. The van der Waals surface area contributed by atoms with Crippen LogP contribution in [0.3, 0.4) is 0 Å². The van der Waals surface area contributed by atoms with Crippen molar-refractivity contribution in [3.05, 3.63) is 52.5 Å². The van der Waals surface area contributed by atoms with E-state index in [0.717, 1.165) is 16.5 Å². The largest absolute Gasteiger partial charge is 0.497 e. The summed E-state index contributed by atoms with van der Waals surface area (Å²) >= 11 is 3.43. The van der Waals surface area contributed by atoms with Gasteiger partial charge in [-0.15, -0.1) is 0 Å². The Morgan fingerprint density at radius 1 is 1.13 bits per heavy atom. The van der Waals surface area contributed by atoms with Crippen LogP contribution >= 0.6 is 15.9 Å². The van der Waals surface area contributed by atoms with Gasteiger partial charge in [0.25, 0.3) is 0 Å². The van der Waals surface area contributed by atoms with Crippen LogP contribution < -0.4 is 20.1 Å². The first-order chi connectivity index (χ1) is 11.1. The van der Waals surface area contributed by atoms with E-state index in [9.17, 15) is 4.79 Å². The van der Waals surface area contributed by atoms with Gasteiger partial charge in [-0.2, -0.15) is 0 Å². The zero-order valence-electron chi connectivity index (χ0n) is 13.1. The molecule has 0 bridgehead atoms. The Morgan fingerprint density at radius 3 is 2.65 bits per heavy atom. The van der Waals surface area contributed by atoms with Crippen LogP contribution in [0.15, 0.2) is 46.9 Å². The first kappa shape index (κ1) is 17.1. The van der Waals surface area contributed by atoms with Gasteiger partial charge in [0.1, 0.15) is 11.5 Å². The van der Waals surface area contributed by atoms with E-state index < -0.39 is 0 Å². The van der Waals surface area contributed by atoms with Crippen LogP contribution in [0.1, 0.15) is 5.56 Å². The molecule has 0 spiro atoms. The zero-order valence-corrected chi connectivity index (χ0v) is 14.6. The number of anilines is 1. The second-order valence-corrected chi connectivity index (χ2v) is 5.74. The van der Waals surface area contributed by atoms with Crippen molar-refractivity contribution in [1.82, 2.24) is 5.32 Å². The Bertz CT molecular complexity index is 677. The minimum Gasteiger partial charge on any atom is -0.497 e. The quantitative estimate of drug-likeness (QED) is 0.802. The van der Waals surface area contributed by atoms with Crippen molar-refractivity contribution < 1.29 is 14.3 Å². The standard InChI is InChI=1S/C17H19BrN2O3/c1-22-14-6-7-15(16(11-14)23-2)20-17(21)19-9-8-12-4-3-5-13(18)10-12/h3-7,10-11H,8-9H2,1-2H3,(H2,19,20,21). The minimum atomic E-state index is -0.275. The Labute approximate surface area is 144 Å². The molecular weight excluding hydrogens is 360 g/mol. The summed E-state index contributed by atoms with van der Waals surface area (Å²) in [6, 6.07) is 13.0. The van der Waals surface area contributed by atoms with E-state index >= 15 is 0 Å². The maximum atomic E-state index is 12.0. The molecule has 2 N–H and O–H groups in total. The van der Waals surface area contributed by atoms with E-state index in [1.165, 1.54) is 0 Å². The van der Waals surface area contributed by atoms with Crippen LogP contribution in [0.2, 0.25) is 0 Å². The summed E-state index contributed by atoms with van der Waals surface area (Å²) in [5, 5.41) is 5.60. The van der Waals surface area contributed by atoms with Crippen molar-refractivity contribution in [2.24, 2.45) is 0 Å². The minimum absolute atomic E-state index is 0.275. The van der Waals surface area contributed by atoms with E-state index in [-0.39, 0.29) is 6.03 Å². The highest BCUT2D eigenvalue weighted by Gasteiger charge is 2.08. The van der Waals surface area contributed by atoms with Gasteiger partial charge in [-0.3, -0.25) is 0 Å². The molecule has 0 aliphatic rings. The number of methoxy groups -OCH3 is 2. The molecule has 0 fully saturated rings. The number of hydrogen-bond donors (Lipinski definition) is 2. The van der Waals surface area contributed by atoms with E-state index in [2.05, 4.69) is 26.6 Å². The summed E-state index contributed by atoms with van der Waals surface area (Å²) in [6.07, 6.45) is 0.757. The third-order valence-corrected chi connectivity index (χ3v) is 3.74. The number of rotatable bonds is 6. The topological polar surface area (TPSA) is 59.6 Å². The number of benzene rings is 2. The molecule has 0 unspecified atom stereocenters. The molecule has 5 nitrogen and oxygen atoms in total. The molecule has 122 valence electrons. The van der Waals surface area contributed by atoms with E-state index in [0.29, 0.717) is 23.7 Å². The van der Waals surface area contributed by atoms with Crippen molar-refractivity contribution in [2.75, 3.05) is 26.1 Å².